The molecule has 8 nitrogen and oxygen atoms in total. The molecule has 0 spiro atoms. The van der Waals surface area contributed by atoms with Gasteiger partial charge in [-0.3, -0.25) is 0 Å². The molecular formula is C26H29N5O3S. The fourth-order valence-electron chi connectivity index (χ4n) is 5.05. The van der Waals surface area contributed by atoms with Gasteiger partial charge in [0, 0.05) is 41.8 Å². The van der Waals surface area contributed by atoms with Crippen molar-refractivity contribution in [2.75, 3.05) is 24.5 Å². The van der Waals surface area contributed by atoms with E-state index in [4.69, 9.17) is 4.74 Å². The highest BCUT2D eigenvalue weighted by molar-refractivity contribution is 7.19. The number of amides is 1. The number of ether oxygens (including phenoxy) is 1. The number of nitrogens with zero attached hydrogens (tertiary/aromatic N) is 5. The highest BCUT2D eigenvalue weighted by Crippen LogP contribution is 2.43. The number of thiophene rings is 1. The van der Waals surface area contributed by atoms with Crippen molar-refractivity contribution in [3.63, 3.8) is 0 Å². The second-order valence-corrected chi connectivity index (χ2v) is 11.3. The third-order valence-corrected chi connectivity index (χ3v) is 7.60. The van der Waals surface area contributed by atoms with Crippen LogP contribution in [-0.4, -0.2) is 57.3 Å². The zero-order valence-corrected chi connectivity index (χ0v) is 21.1. The summed E-state index contributed by atoms with van der Waals surface area (Å²) in [5.74, 6) is 0. The monoisotopic (exact) mass is 491 g/mol. The molecule has 2 aliphatic heterocycles. The molecule has 1 unspecified atom stereocenters. The molecule has 1 N–H and O–H groups in total. The number of benzene rings is 1. The molecule has 1 atom stereocenters. The van der Waals surface area contributed by atoms with Crippen LogP contribution in [0.15, 0.2) is 24.5 Å². The number of rotatable bonds is 3. The standard InChI is InChI=1S/C26H29N5O3S/c1-26(2,3)34-25(33)30-8-6-18(13-30)31-7-4-5-17-9-16(12-27)10-20(23(17)31)22-24-21(28-15-29-22)11-19(14-32)35-24/h9-11,15,18,32H,4-8,13-14H2,1-3H3. The Kier molecular flexibility index (Phi) is 6.11. The van der Waals surface area contributed by atoms with Gasteiger partial charge in [0.15, 0.2) is 0 Å². The Morgan fingerprint density at radius 2 is 2.11 bits per heavy atom. The number of aliphatic hydroxyl groups is 1. The minimum atomic E-state index is -0.528. The van der Waals surface area contributed by atoms with Crippen LogP contribution in [0, 0.1) is 11.3 Å². The second kappa shape index (κ2) is 9.10. The van der Waals surface area contributed by atoms with Crippen molar-refractivity contribution in [3.05, 3.63) is 40.5 Å². The lowest BCUT2D eigenvalue weighted by molar-refractivity contribution is 0.0292. The number of aliphatic hydroxyl groups excluding tert-OH is 1. The molecule has 2 aliphatic rings. The normalized spacial score (nSPS) is 18.0. The zero-order valence-electron chi connectivity index (χ0n) is 20.2. The number of fused-ring (bicyclic) bond motifs is 2. The average Bonchev–Trinajstić information content (AvgIpc) is 3.49. The predicted molar refractivity (Wildman–Crippen MR) is 135 cm³/mol. The maximum Gasteiger partial charge on any atom is 0.410 e. The molecule has 4 heterocycles. The van der Waals surface area contributed by atoms with Crippen LogP contribution in [0.5, 0.6) is 0 Å². The molecule has 1 saturated heterocycles. The van der Waals surface area contributed by atoms with Crippen molar-refractivity contribution in [2.24, 2.45) is 0 Å². The number of carbonyl (C=O) groups excluding carboxylic acids is 1. The molecule has 35 heavy (non-hydrogen) atoms. The summed E-state index contributed by atoms with van der Waals surface area (Å²) < 4.78 is 6.51. The molecule has 0 aliphatic carbocycles. The van der Waals surface area contributed by atoms with Gasteiger partial charge in [-0.25, -0.2) is 14.8 Å². The predicted octanol–water partition coefficient (Wildman–Crippen LogP) is 4.48. The smallest absolute Gasteiger partial charge is 0.410 e. The van der Waals surface area contributed by atoms with E-state index in [-0.39, 0.29) is 18.7 Å². The molecule has 9 heteroatoms. The Balaban J connectivity index is 1.56. The summed E-state index contributed by atoms with van der Waals surface area (Å²) >= 11 is 1.48. The third kappa shape index (κ3) is 4.56. The summed E-state index contributed by atoms with van der Waals surface area (Å²) in [6.07, 6.45) is 3.99. The molecule has 0 radical (unpaired) electrons. The summed E-state index contributed by atoms with van der Waals surface area (Å²) in [5, 5.41) is 19.4. The number of likely N-dealkylation sites (tertiary alicyclic amines) is 1. The molecule has 1 aromatic carbocycles. The lowest BCUT2D eigenvalue weighted by atomic mass is 9.92. The van der Waals surface area contributed by atoms with Gasteiger partial charge >= 0.3 is 6.09 Å². The molecule has 1 fully saturated rings. The molecule has 182 valence electrons. The average molecular weight is 492 g/mol. The van der Waals surface area contributed by atoms with Crippen LogP contribution in [-0.2, 0) is 17.8 Å². The molecule has 5 rings (SSSR count). The van der Waals surface area contributed by atoms with E-state index in [1.165, 1.54) is 11.3 Å². The number of hydrogen-bond donors (Lipinski definition) is 1. The summed E-state index contributed by atoms with van der Waals surface area (Å²) in [5.41, 5.74) is 4.78. The Morgan fingerprint density at radius 1 is 1.29 bits per heavy atom. The Labute approximate surface area is 208 Å². The van der Waals surface area contributed by atoms with Gasteiger partial charge < -0.3 is 19.6 Å². The fraction of sp³-hybridized carbons (Fsp3) is 0.462. The van der Waals surface area contributed by atoms with Crippen molar-refractivity contribution in [2.45, 2.75) is 58.3 Å². The third-order valence-electron chi connectivity index (χ3n) is 6.48. The maximum atomic E-state index is 12.7. The van der Waals surface area contributed by atoms with E-state index in [1.807, 2.05) is 39.0 Å². The van der Waals surface area contributed by atoms with Crippen molar-refractivity contribution < 1.29 is 14.6 Å². The molecule has 1 amide bonds. The Morgan fingerprint density at radius 3 is 2.86 bits per heavy atom. The molecular weight excluding hydrogens is 462 g/mol. The molecule has 2 aromatic heterocycles. The van der Waals surface area contributed by atoms with Gasteiger partial charge in [-0.15, -0.1) is 11.3 Å². The zero-order chi connectivity index (χ0) is 24.7. The van der Waals surface area contributed by atoms with Gasteiger partial charge in [0.1, 0.15) is 11.9 Å². The number of hydrogen-bond acceptors (Lipinski definition) is 8. The first-order valence-corrected chi connectivity index (χ1v) is 12.8. The summed E-state index contributed by atoms with van der Waals surface area (Å²) in [6, 6.07) is 8.25. The second-order valence-electron chi connectivity index (χ2n) is 10.1. The van der Waals surface area contributed by atoms with Crippen molar-refractivity contribution in [1.29, 1.82) is 5.26 Å². The summed E-state index contributed by atoms with van der Waals surface area (Å²) in [7, 11) is 0. The van der Waals surface area contributed by atoms with E-state index in [0.717, 1.165) is 63.4 Å². The molecule has 0 saturated carbocycles. The van der Waals surface area contributed by atoms with Gasteiger partial charge in [-0.05, 0) is 63.8 Å². The van der Waals surface area contributed by atoms with Crippen molar-refractivity contribution in [1.82, 2.24) is 14.9 Å². The summed E-state index contributed by atoms with van der Waals surface area (Å²) in [6.45, 7) is 7.72. The number of aryl methyl sites for hydroxylation is 1. The number of nitriles is 1. The van der Waals surface area contributed by atoms with Crippen LogP contribution in [0.4, 0.5) is 10.5 Å². The van der Waals surface area contributed by atoms with Crippen molar-refractivity contribution >= 4 is 33.3 Å². The van der Waals surface area contributed by atoms with Crippen LogP contribution in [0.3, 0.4) is 0 Å². The van der Waals surface area contributed by atoms with E-state index in [9.17, 15) is 15.2 Å². The number of carbonyl (C=O) groups is 1. The van der Waals surface area contributed by atoms with Gasteiger partial charge in [-0.1, -0.05) is 0 Å². The van der Waals surface area contributed by atoms with Gasteiger partial charge in [0.05, 0.1) is 34.2 Å². The lowest BCUT2D eigenvalue weighted by Crippen LogP contribution is -2.43. The van der Waals surface area contributed by atoms with Crippen LogP contribution in [0.2, 0.25) is 0 Å². The quantitative estimate of drug-likeness (QED) is 0.576. The van der Waals surface area contributed by atoms with E-state index >= 15 is 0 Å². The van der Waals surface area contributed by atoms with Gasteiger partial charge in [0.2, 0.25) is 0 Å². The summed E-state index contributed by atoms with van der Waals surface area (Å²) in [4.78, 5) is 26.8. The van der Waals surface area contributed by atoms with Gasteiger partial charge in [0.25, 0.3) is 0 Å². The SMILES string of the molecule is CC(C)(C)OC(=O)N1CCC(N2CCCc3cc(C#N)cc(-c4ncnc5cc(CO)sc45)c32)C1. The van der Waals surface area contributed by atoms with Gasteiger partial charge in [-0.2, -0.15) is 5.26 Å². The minimum absolute atomic E-state index is 0.0501. The topological polar surface area (TPSA) is 103 Å². The van der Waals surface area contributed by atoms with E-state index in [1.54, 1.807) is 11.2 Å². The first-order valence-electron chi connectivity index (χ1n) is 11.9. The van der Waals surface area contributed by atoms with E-state index in [2.05, 4.69) is 20.9 Å². The first kappa shape index (κ1) is 23.5. The number of aromatic nitrogens is 2. The number of anilines is 1. The van der Waals surface area contributed by atoms with Crippen molar-refractivity contribution in [3.8, 4) is 17.3 Å². The highest BCUT2D eigenvalue weighted by Gasteiger charge is 2.36. The maximum absolute atomic E-state index is 12.7. The van der Waals surface area contributed by atoms with E-state index < -0.39 is 5.60 Å². The highest BCUT2D eigenvalue weighted by atomic mass is 32.1. The fourth-order valence-corrected chi connectivity index (χ4v) is 6.02. The molecule has 0 bridgehead atoms. The van der Waals surface area contributed by atoms with Crippen LogP contribution in [0.25, 0.3) is 21.5 Å². The van der Waals surface area contributed by atoms with Crippen LogP contribution >= 0.6 is 11.3 Å². The Hall–Kier alpha value is -3.22. The van der Waals surface area contributed by atoms with Crippen LogP contribution in [0.1, 0.15) is 49.6 Å². The first-order chi connectivity index (χ1) is 16.8. The minimum Gasteiger partial charge on any atom is -0.444 e. The van der Waals surface area contributed by atoms with Crippen LogP contribution < -0.4 is 4.90 Å². The molecule has 3 aromatic rings. The lowest BCUT2D eigenvalue weighted by Gasteiger charge is -2.38. The largest absolute Gasteiger partial charge is 0.444 e. The Bertz CT molecular complexity index is 1320. The van der Waals surface area contributed by atoms with E-state index in [0.29, 0.717) is 18.7 Å².